The minimum Gasteiger partial charge on any atom is -0.487 e. The number of pyridine rings is 1. The van der Waals surface area contributed by atoms with E-state index in [9.17, 15) is 33.1 Å². The summed E-state index contributed by atoms with van der Waals surface area (Å²) >= 11 is 6.22. The molecule has 0 spiro atoms. The molecule has 0 radical (unpaired) electrons. The molecule has 0 atom stereocenters. The Morgan fingerprint density at radius 1 is 1.05 bits per heavy atom. The summed E-state index contributed by atoms with van der Waals surface area (Å²) in [5.41, 5.74) is -2.66. The molecule has 0 fully saturated rings. The van der Waals surface area contributed by atoms with Gasteiger partial charge >= 0.3 is 5.69 Å². The highest BCUT2D eigenvalue weighted by Gasteiger charge is 2.31. The van der Waals surface area contributed by atoms with Gasteiger partial charge in [-0.2, -0.15) is 0 Å². The molecule has 2 heterocycles. The first kappa shape index (κ1) is 28.9. The quantitative estimate of drug-likeness (QED) is 0.332. The summed E-state index contributed by atoms with van der Waals surface area (Å²) in [6, 6.07) is 8.92. The van der Waals surface area contributed by atoms with E-state index in [0.717, 1.165) is 21.3 Å². The molecule has 4 aromatic rings. The number of carbonyl (C=O) groups is 2. The van der Waals surface area contributed by atoms with Gasteiger partial charge in [0.15, 0.2) is 0 Å². The maximum Gasteiger partial charge on any atom is 0.342 e. The molecule has 2 aromatic heterocycles. The highest BCUT2D eigenvalue weighted by Crippen LogP contribution is 2.23. The van der Waals surface area contributed by atoms with Gasteiger partial charge in [-0.05, 0) is 56.8 Å². The minimum atomic E-state index is -1.88. The second-order valence-electron chi connectivity index (χ2n) is 9.52. The normalized spacial score (nSPS) is 11.7. The van der Waals surface area contributed by atoms with Gasteiger partial charge in [0.05, 0.1) is 24.1 Å². The third-order valence-corrected chi connectivity index (χ3v) is 6.38. The first-order chi connectivity index (χ1) is 18.8. The lowest BCUT2D eigenvalue weighted by atomic mass is 10.1. The third-order valence-electron chi connectivity index (χ3n) is 6.03. The fourth-order valence-electron chi connectivity index (χ4n) is 4.04. The number of aromatic nitrogens is 3. The van der Waals surface area contributed by atoms with Crippen LogP contribution in [0.1, 0.15) is 34.6 Å². The lowest BCUT2D eigenvalue weighted by Crippen LogP contribution is -2.43. The smallest absolute Gasteiger partial charge is 0.342 e. The lowest BCUT2D eigenvalue weighted by molar-refractivity contribution is 0.0392. The topological polar surface area (TPSA) is 125 Å². The van der Waals surface area contributed by atoms with Crippen LogP contribution in [0.25, 0.3) is 11.0 Å². The van der Waals surface area contributed by atoms with Crippen molar-refractivity contribution in [3.8, 4) is 5.75 Å². The molecule has 0 aliphatic heterocycles. The molecular weight excluding hydrogens is 550 g/mol. The van der Waals surface area contributed by atoms with Crippen LogP contribution in [-0.2, 0) is 13.2 Å². The van der Waals surface area contributed by atoms with Crippen LogP contribution >= 0.6 is 11.6 Å². The van der Waals surface area contributed by atoms with Crippen LogP contribution in [-0.4, -0.2) is 49.8 Å². The van der Waals surface area contributed by atoms with Crippen molar-refractivity contribution in [1.29, 1.82) is 0 Å². The Hall–Kier alpha value is -4.13. The van der Waals surface area contributed by atoms with E-state index >= 15 is 0 Å². The molecule has 40 heavy (non-hydrogen) atoms. The van der Waals surface area contributed by atoms with Gasteiger partial charge in [0, 0.05) is 17.8 Å². The van der Waals surface area contributed by atoms with Gasteiger partial charge < -0.3 is 19.7 Å². The van der Waals surface area contributed by atoms with E-state index in [1.165, 1.54) is 55.9 Å². The van der Waals surface area contributed by atoms with Crippen molar-refractivity contribution in [2.24, 2.45) is 0 Å². The number of nitrogens with one attached hydrogen (secondary N) is 1. The molecule has 0 aliphatic rings. The fraction of sp³-hybridized carbons (Fsp3) is 0.259. The first-order valence-corrected chi connectivity index (χ1v) is 12.4. The van der Waals surface area contributed by atoms with Crippen molar-refractivity contribution in [3.05, 3.63) is 97.3 Å². The Morgan fingerprint density at radius 3 is 2.42 bits per heavy atom. The average molecular weight is 575 g/mol. The fourth-order valence-corrected chi connectivity index (χ4v) is 4.27. The van der Waals surface area contributed by atoms with Gasteiger partial charge in [0.2, 0.25) is 5.91 Å². The van der Waals surface area contributed by atoms with Crippen LogP contribution in [0.4, 0.5) is 8.78 Å². The predicted octanol–water partition coefficient (Wildman–Crippen LogP) is 2.79. The largest absolute Gasteiger partial charge is 0.487 e. The zero-order valence-electron chi connectivity index (χ0n) is 21.7. The number of rotatable bonds is 8. The van der Waals surface area contributed by atoms with Crippen molar-refractivity contribution >= 4 is 34.4 Å². The maximum absolute atomic E-state index is 13.9. The second kappa shape index (κ2) is 11.2. The summed E-state index contributed by atoms with van der Waals surface area (Å²) in [4.78, 5) is 51.6. The predicted molar refractivity (Wildman–Crippen MR) is 143 cm³/mol. The van der Waals surface area contributed by atoms with Crippen LogP contribution in [0.2, 0.25) is 5.02 Å². The van der Waals surface area contributed by atoms with Gasteiger partial charge in [-0.1, -0.05) is 17.7 Å². The number of hydrogen-bond acceptors (Lipinski definition) is 7. The summed E-state index contributed by atoms with van der Waals surface area (Å²) in [6.45, 7) is 1.95. The Bertz CT molecular complexity index is 1750. The number of ether oxygens (including phenoxy) is 1. The number of benzene rings is 2. The number of carbonyl (C=O) groups excluding carboxylic acids is 2. The van der Waals surface area contributed by atoms with E-state index < -0.39 is 40.3 Å². The van der Waals surface area contributed by atoms with Crippen LogP contribution < -0.4 is 21.3 Å². The molecule has 2 N–H and O–H groups in total. The Morgan fingerprint density at radius 2 is 1.77 bits per heavy atom. The Balaban J connectivity index is 1.68. The van der Waals surface area contributed by atoms with Crippen molar-refractivity contribution in [2.75, 3.05) is 13.6 Å². The number of aliphatic hydroxyl groups is 1. The zero-order valence-corrected chi connectivity index (χ0v) is 22.5. The third kappa shape index (κ3) is 5.60. The standard InChI is InChI=1S/C27H25ClF2N4O6/c1-27(2,39)25(37)34-19-7-4-15(10-20(19)33(26(34)38)22(35)12-31-3)13-32-9-8-21(23(28)24(32)36)40-14-16-5-6-17(29)11-18(16)30/h4-11,31,39H,12-14H2,1-3H3. The average Bonchev–Trinajstić information content (AvgIpc) is 3.17. The molecule has 0 aliphatic carbocycles. The van der Waals surface area contributed by atoms with E-state index in [1.807, 2.05) is 0 Å². The van der Waals surface area contributed by atoms with E-state index in [2.05, 4.69) is 5.32 Å². The molecule has 0 saturated heterocycles. The van der Waals surface area contributed by atoms with Crippen molar-refractivity contribution in [1.82, 2.24) is 19.0 Å². The maximum atomic E-state index is 13.9. The highest BCUT2D eigenvalue weighted by atomic mass is 35.5. The molecule has 10 nitrogen and oxygen atoms in total. The molecule has 2 aromatic carbocycles. The molecule has 4 rings (SSSR count). The van der Waals surface area contributed by atoms with Gasteiger partial charge in [0.1, 0.15) is 34.6 Å². The van der Waals surface area contributed by atoms with Gasteiger partial charge in [0.25, 0.3) is 11.5 Å². The molecule has 0 unspecified atom stereocenters. The highest BCUT2D eigenvalue weighted by molar-refractivity contribution is 6.31. The van der Waals surface area contributed by atoms with Crippen LogP contribution in [0, 0.1) is 11.6 Å². The Labute approximate surface area is 231 Å². The molecule has 0 saturated carbocycles. The molecule has 210 valence electrons. The first-order valence-electron chi connectivity index (χ1n) is 12.0. The van der Waals surface area contributed by atoms with Crippen molar-refractivity contribution in [2.45, 2.75) is 32.6 Å². The molecule has 0 amide bonds. The van der Waals surface area contributed by atoms with E-state index in [1.54, 1.807) is 6.07 Å². The van der Waals surface area contributed by atoms with Crippen molar-refractivity contribution in [3.63, 3.8) is 0 Å². The van der Waals surface area contributed by atoms with Gasteiger partial charge in [-0.3, -0.25) is 14.4 Å². The summed E-state index contributed by atoms with van der Waals surface area (Å²) in [5.74, 6) is -3.08. The number of imidazole rings is 1. The summed E-state index contributed by atoms with van der Waals surface area (Å²) < 4.78 is 35.3. The molecule has 0 bridgehead atoms. The van der Waals surface area contributed by atoms with E-state index in [-0.39, 0.29) is 47.1 Å². The lowest BCUT2D eigenvalue weighted by Gasteiger charge is -2.15. The number of hydrogen-bond donors (Lipinski definition) is 2. The van der Waals surface area contributed by atoms with Crippen LogP contribution in [0.15, 0.2) is 58.3 Å². The van der Waals surface area contributed by atoms with E-state index in [0.29, 0.717) is 5.56 Å². The Kier molecular flexibility index (Phi) is 8.05. The van der Waals surface area contributed by atoms with Gasteiger partial charge in [-0.15, -0.1) is 0 Å². The van der Waals surface area contributed by atoms with E-state index in [4.69, 9.17) is 16.3 Å². The second-order valence-corrected chi connectivity index (χ2v) is 9.89. The SMILES string of the molecule is CNCC(=O)n1c(=O)n(C(=O)C(C)(C)O)c2ccc(Cn3ccc(OCc4ccc(F)cc4F)c(Cl)c3=O)cc21. The number of fused-ring (bicyclic) bond motifs is 1. The van der Waals surface area contributed by atoms with Crippen LogP contribution in [0.3, 0.4) is 0 Å². The van der Waals surface area contributed by atoms with Crippen molar-refractivity contribution < 1.29 is 28.2 Å². The zero-order chi connectivity index (χ0) is 29.4. The minimum absolute atomic E-state index is 0.00389. The summed E-state index contributed by atoms with van der Waals surface area (Å²) in [6.07, 6.45) is 1.40. The van der Waals surface area contributed by atoms with Crippen LogP contribution in [0.5, 0.6) is 5.75 Å². The number of nitrogens with zero attached hydrogens (tertiary/aromatic N) is 3. The number of likely N-dealkylation sites (N-methyl/N-ethyl adjacent to an activating group) is 1. The molecular formula is C27H25ClF2N4O6. The number of halogens is 3. The summed E-state index contributed by atoms with van der Waals surface area (Å²) in [7, 11) is 1.52. The summed E-state index contributed by atoms with van der Waals surface area (Å²) in [5, 5.41) is 12.6. The monoisotopic (exact) mass is 574 g/mol. The molecule has 13 heteroatoms. The van der Waals surface area contributed by atoms with Gasteiger partial charge in [-0.25, -0.2) is 22.7 Å².